The number of pyridine rings is 1. The maximum atomic E-state index is 13.4. The number of para-hydroxylation sites is 1. The Labute approximate surface area is 154 Å². The summed E-state index contributed by atoms with van der Waals surface area (Å²) in [6.45, 7) is 0. The molecule has 1 aromatic carbocycles. The molecule has 136 valence electrons. The molecular formula is C22H26N2O2. The van der Waals surface area contributed by atoms with Crippen molar-refractivity contribution in [3.05, 3.63) is 41.6 Å². The first-order valence-electron chi connectivity index (χ1n) is 9.95. The van der Waals surface area contributed by atoms with E-state index in [1.807, 2.05) is 42.3 Å². The number of aliphatic hydroxyl groups excluding tert-OH is 1. The number of nitrogens with zero attached hydrogens (tertiary/aromatic N) is 2. The lowest BCUT2D eigenvalue weighted by molar-refractivity contribution is 0.0724. The molecule has 2 aromatic rings. The topological polar surface area (TPSA) is 53.4 Å². The van der Waals surface area contributed by atoms with Crippen LogP contribution in [0.1, 0.15) is 60.5 Å². The third-order valence-electron chi connectivity index (χ3n) is 6.80. The third-order valence-corrected chi connectivity index (χ3v) is 6.80. The fourth-order valence-corrected chi connectivity index (χ4v) is 5.19. The predicted octanol–water partition coefficient (Wildman–Crippen LogP) is 3.73. The summed E-state index contributed by atoms with van der Waals surface area (Å²) < 4.78 is 0. The van der Waals surface area contributed by atoms with Crippen LogP contribution in [0.25, 0.3) is 10.9 Å². The first-order chi connectivity index (χ1) is 12.6. The van der Waals surface area contributed by atoms with Crippen molar-refractivity contribution in [2.45, 2.75) is 56.6 Å². The van der Waals surface area contributed by atoms with Crippen molar-refractivity contribution in [1.29, 1.82) is 0 Å². The lowest BCUT2D eigenvalue weighted by Gasteiger charge is -2.26. The zero-order valence-electron chi connectivity index (χ0n) is 15.3. The monoisotopic (exact) mass is 350 g/mol. The standard InChI is InChI=1S/C22H26N2O2/c1-24(16-8-14-10-17(25)11-15(14)9-16)22(26)19-12-21(13-6-7-13)23-20-5-3-2-4-18(19)20/h2-5,12-17,25H,6-11H2,1H3/t14-,15+,16?,17?. The summed E-state index contributed by atoms with van der Waals surface area (Å²) in [5.41, 5.74) is 2.81. The van der Waals surface area contributed by atoms with Gasteiger partial charge in [0.2, 0.25) is 0 Å². The molecule has 1 amide bonds. The van der Waals surface area contributed by atoms with Gasteiger partial charge >= 0.3 is 0 Å². The number of aromatic nitrogens is 1. The second kappa shape index (κ2) is 6.05. The fourth-order valence-electron chi connectivity index (χ4n) is 5.19. The highest BCUT2D eigenvalue weighted by atomic mass is 16.3. The van der Waals surface area contributed by atoms with Gasteiger partial charge < -0.3 is 10.0 Å². The summed E-state index contributed by atoms with van der Waals surface area (Å²) in [6.07, 6.45) is 6.12. The van der Waals surface area contributed by atoms with E-state index in [-0.39, 0.29) is 12.0 Å². The highest BCUT2D eigenvalue weighted by Gasteiger charge is 2.43. The van der Waals surface area contributed by atoms with Gasteiger partial charge in [-0.05, 0) is 62.5 Å². The summed E-state index contributed by atoms with van der Waals surface area (Å²) in [4.78, 5) is 20.1. The van der Waals surface area contributed by atoms with Crippen molar-refractivity contribution in [3.63, 3.8) is 0 Å². The molecule has 1 heterocycles. The summed E-state index contributed by atoms with van der Waals surface area (Å²) >= 11 is 0. The van der Waals surface area contributed by atoms with E-state index in [4.69, 9.17) is 4.98 Å². The van der Waals surface area contributed by atoms with E-state index in [1.165, 1.54) is 12.8 Å². The summed E-state index contributed by atoms with van der Waals surface area (Å²) in [5.74, 6) is 1.82. The molecule has 4 heteroatoms. The van der Waals surface area contributed by atoms with Crippen LogP contribution in [-0.4, -0.2) is 40.1 Å². The number of fused-ring (bicyclic) bond motifs is 2. The minimum atomic E-state index is -0.128. The Bertz CT molecular complexity index is 846. The first kappa shape index (κ1) is 16.2. The largest absolute Gasteiger partial charge is 0.393 e. The molecule has 3 aliphatic carbocycles. The predicted molar refractivity (Wildman–Crippen MR) is 101 cm³/mol. The number of benzene rings is 1. The van der Waals surface area contributed by atoms with Crippen LogP contribution in [0.3, 0.4) is 0 Å². The van der Waals surface area contributed by atoms with E-state index in [1.54, 1.807) is 0 Å². The summed E-state index contributed by atoms with van der Waals surface area (Å²) in [7, 11) is 1.95. The van der Waals surface area contributed by atoms with Gasteiger partial charge in [0.05, 0.1) is 17.2 Å². The van der Waals surface area contributed by atoms with Crippen molar-refractivity contribution in [2.75, 3.05) is 7.05 Å². The zero-order chi connectivity index (χ0) is 17.8. The Balaban J connectivity index is 1.45. The fraction of sp³-hybridized carbons (Fsp3) is 0.545. The number of carbonyl (C=O) groups is 1. The molecule has 3 fully saturated rings. The van der Waals surface area contributed by atoms with Gasteiger partial charge in [0, 0.05) is 30.1 Å². The average molecular weight is 350 g/mol. The molecular weight excluding hydrogens is 324 g/mol. The molecule has 3 saturated carbocycles. The third kappa shape index (κ3) is 2.71. The van der Waals surface area contributed by atoms with Crippen molar-refractivity contribution >= 4 is 16.8 Å². The number of amides is 1. The number of rotatable bonds is 3. The molecule has 4 nitrogen and oxygen atoms in total. The average Bonchev–Trinajstić information content (AvgIpc) is 3.34. The van der Waals surface area contributed by atoms with E-state index in [0.717, 1.165) is 47.8 Å². The molecule has 3 aliphatic rings. The maximum absolute atomic E-state index is 13.4. The van der Waals surface area contributed by atoms with E-state index in [2.05, 4.69) is 0 Å². The lowest BCUT2D eigenvalue weighted by atomic mass is 10.0. The van der Waals surface area contributed by atoms with Crippen molar-refractivity contribution in [3.8, 4) is 0 Å². The van der Waals surface area contributed by atoms with Crippen LogP contribution in [0.5, 0.6) is 0 Å². The van der Waals surface area contributed by atoms with Crippen molar-refractivity contribution < 1.29 is 9.90 Å². The SMILES string of the molecule is CN(C(=O)c1cc(C2CC2)nc2ccccc12)C1C[C@H]2CC(O)C[C@H]2C1. The maximum Gasteiger partial charge on any atom is 0.254 e. The minimum absolute atomic E-state index is 0.121. The van der Waals surface area contributed by atoms with Gasteiger partial charge in [-0.2, -0.15) is 0 Å². The van der Waals surface area contributed by atoms with Gasteiger partial charge in [0.25, 0.3) is 5.91 Å². The lowest BCUT2D eigenvalue weighted by Crippen LogP contribution is -2.36. The first-order valence-corrected chi connectivity index (χ1v) is 9.95. The molecule has 26 heavy (non-hydrogen) atoms. The van der Waals surface area contributed by atoms with Crippen LogP contribution >= 0.6 is 0 Å². The normalized spacial score (nSPS) is 30.5. The highest BCUT2D eigenvalue weighted by Crippen LogP contribution is 2.46. The van der Waals surface area contributed by atoms with Crippen LogP contribution in [0, 0.1) is 11.8 Å². The van der Waals surface area contributed by atoms with Crippen LogP contribution in [0.15, 0.2) is 30.3 Å². The van der Waals surface area contributed by atoms with Gasteiger partial charge in [-0.25, -0.2) is 0 Å². The van der Waals surface area contributed by atoms with Gasteiger partial charge in [-0.1, -0.05) is 18.2 Å². The van der Waals surface area contributed by atoms with Crippen LogP contribution < -0.4 is 0 Å². The quantitative estimate of drug-likeness (QED) is 0.917. The Morgan fingerprint density at radius 2 is 1.81 bits per heavy atom. The molecule has 5 rings (SSSR count). The second-order valence-electron chi connectivity index (χ2n) is 8.57. The molecule has 0 aliphatic heterocycles. The zero-order valence-corrected chi connectivity index (χ0v) is 15.3. The van der Waals surface area contributed by atoms with Crippen molar-refractivity contribution in [1.82, 2.24) is 9.88 Å². The molecule has 1 N–H and O–H groups in total. The molecule has 0 bridgehead atoms. The summed E-state index contributed by atoms with van der Waals surface area (Å²) in [6, 6.07) is 10.3. The Hall–Kier alpha value is -1.94. The molecule has 4 atom stereocenters. The van der Waals surface area contributed by atoms with Crippen LogP contribution in [-0.2, 0) is 0 Å². The van der Waals surface area contributed by atoms with Gasteiger partial charge in [0.1, 0.15) is 0 Å². The smallest absolute Gasteiger partial charge is 0.254 e. The molecule has 0 spiro atoms. The second-order valence-corrected chi connectivity index (χ2v) is 8.57. The number of hydrogen-bond acceptors (Lipinski definition) is 3. The van der Waals surface area contributed by atoms with Gasteiger partial charge in [-0.3, -0.25) is 9.78 Å². The Morgan fingerprint density at radius 1 is 1.12 bits per heavy atom. The minimum Gasteiger partial charge on any atom is -0.393 e. The molecule has 2 unspecified atom stereocenters. The van der Waals surface area contributed by atoms with E-state index >= 15 is 0 Å². The highest BCUT2D eigenvalue weighted by molar-refractivity contribution is 6.06. The Morgan fingerprint density at radius 3 is 2.50 bits per heavy atom. The Kier molecular flexibility index (Phi) is 3.78. The summed E-state index contributed by atoms with van der Waals surface area (Å²) in [5, 5.41) is 10.8. The number of hydrogen-bond donors (Lipinski definition) is 1. The van der Waals surface area contributed by atoms with E-state index < -0.39 is 0 Å². The number of aliphatic hydroxyl groups is 1. The molecule has 0 saturated heterocycles. The van der Waals surface area contributed by atoms with Crippen molar-refractivity contribution in [2.24, 2.45) is 11.8 Å². The molecule has 0 radical (unpaired) electrons. The van der Waals surface area contributed by atoms with Gasteiger partial charge in [0.15, 0.2) is 0 Å². The van der Waals surface area contributed by atoms with E-state index in [9.17, 15) is 9.90 Å². The van der Waals surface area contributed by atoms with Crippen LogP contribution in [0.4, 0.5) is 0 Å². The van der Waals surface area contributed by atoms with E-state index in [0.29, 0.717) is 23.8 Å². The van der Waals surface area contributed by atoms with Gasteiger partial charge in [-0.15, -0.1) is 0 Å². The van der Waals surface area contributed by atoms with Crippen LogP contribution in [0.2, 0.25) is 0 Å². The molecule has 1 aromatic heterocycles. The number of carbonyl (C=O) groups excluding carboxylic acids is 1.